The van der Waals surface area contributed by atoms with Gasteiger partial charge in [-0.2, -0.15) is 0 Å². The molecule has 0 aliphatic carbocycles. The molecule has 0 bridgehead atoms. The minimum atomic E-state index is 0.111. The van der Waals surface area contributed by atoms with E-state index in [1.165, 1.54) is 0 Å². The van der Waals surface area contributed by atoms with Crippen molar-refractivity contribution >= 4 is 5.84 Å². The number of nitrogens with one attached hydrogen (secondary N) is 1. The zero-order chi connectivity index (χ0) is 15.2. The molecule has 110 valence electrons. The third kappa shape index (κ3) is 4.39. The summed E-state index contributed by atoms with van der Waals surface area (Å²) in [4.78, 5) is 6.87. The van der Waals surface area contributed by atoms with Crippen LogP contribution in [-0.4, -0.2) is 22.3 Å². The van der Waals surface area contributed by atoms with Crippen molar-refractivity contribution in [3.8, 4) is 0 Å². The van der Waals surface area contributed by atoms with E-state index in [0.717, 1.165) is 42.1 Å². The molecule has 0 fully saturated rings. The van der Waals surface area contributed by atoms with Crippen molar-refractivity contribution in [2.45, 2.75) is 26.9 Å². The van der Waals surface area contributed by atoms with E-state index in [9.17, 15) is 0 Å². The number of nitrogens with zero attached hydrogens (tertiary/aromatic N) is 2. The van der Waals surface area contributed by atoms with E-state index in [1.807, 2.05) is 37.3 Å². The highest BCUT2D eigenvalue weighted by Crippen LogP contribution is 2.11. The molecule has 21 heavy (non-hydrogen) atoms. The molecule has 4 nitrogen and oxygen atoms in total. The molecule has 0 amide bonds. The third-order valence-electron chi connectivity index (χ3n) is 3.42. The van der Waals surface area contributed by atoms with Crippen LogP contribution < -0.4 is 5.73 Å². The van der Waals surface area contributed by atoms with Gasteiger partial charge in [0.1, 0.15) is 5.84 Å². The predicted molar refractivity (Wildman–Crippen MR) is 86.2 cm³/mol. The molecule has 4 heteroatoms. The summed E-state index contributed by atoms with van der Waals surface area (Å²) in [6.45, 7) is 6.75. The van der Waals surface area contributed by atoms with Crippen LogP contribution in [0.25, 0.3) is 0 Å². The average molecular weight is 282 g/mol. The average Bonchev–Trinajstić information content (AvgIpc) is 2.47. The standard InChI is InChI=1S/C17H22N4/c1-3-21(12-16-9-4-6-13(2)20-16)11-14-7-5-8-15(10-14)17(18)19/h4-10H,3,11-12H2,1-2H3,(H3,18,19). The monoisotopic (exact) mass is 282 g/mol. The lowest BCUT2D eigenvalue weighted by Crippen LogP contribution is -2.23. The molecule has 0 saturated heterocycles. The molecule has 3 N–H and O–H groups in total. The predicted octanol–water partition coefficient (Wildman–Crippen LogP) is 2.70. The van der Waals surface area contributed by atoms with Gasteiger partial charge in [0.15, 0.2) is 0 Å². The quantitative estimate of drug-likeness (QED) is 0.632. The Kier molecular flexibility index (Phi) is 5.06. The topological polar surface area (TPSA) is 66.0 Å². The lowest BCUT2D eigenvalue weighted by molar-refractivity contribution is 0.268. The first-order chi connectivity index (χ1) is 10.1. The maximum Gasteiger partial charge on any atom is 0.122 e. The number of nitrogen functional groups attached to an aromatic ring is 1. The smallest absolute Gasteiger partial charge is 0.122 e. The van der Waals surface area contributed by atoms with Crippen LogP contribution in [0.2, 0.25) is 0 Å². The molecule has 2 rings (SSSR count). The number of hydrogen-bond donors (Lipinski definition) is 2. The normalized spacial score (nSPS) is 10.8. The van der Waals surface area contributed by atoms with Crippen LogP contribution in [0.1, 0.15) is 29.4 Å². The summed E-state index contributed by atoms with van der Waals surface area (Å²) < 4.78 is 0. The highest BCUT2D eigenvalue weighted by molar-refractivity contribution is 5.95. The van der Waals surface area contributed by atoms with Crippen LogP contribution in [0.5, 0.6) is 0 Å². The van der Waals surface area contributed by atoms with Gasteiger partial charge >= 0.3 is 0 Å². The van der Waals surface area contributed by atoms with Gasteiger partial charge in [0.25, 0.3) is 0 Å². The maximum absolute atomic E-state index is 7.52. The van der Waals surface area contributed by atoms with Crippen molar-refractivity contribution in [1.82, 2.24) is 9.88 Å². The van der Waals surface area contributed by atoms with Crippen molar-refractivity contribution in [3.63, 3.8) is 0 Å². The first-order valence-electron chi connectivity index (χ1n) is 7.16. The minimum Gasteiger partial charge on any atom is -0.384 e. The summed E-state index contributed by atoms with van der Waals surface area (Å²) >= 11 is 0. The summed E-state index contributed by atoms with van der Waals surface area (Å²) in [6.07, 6.45) is 0. The second-order valence-corrected chi connectivity index (χ2v) is 5.19. The van der Waals surface area contributed by atoms with E-state index in [2.05, 4.69) is 28.9 Å². The van der Waals surface area contributed by atoms with Gasteiger partial charge in [-0.25, -0.2) is 0 Å². The summed E-state index contributed by atoms with van der Waals surface area (Å²) in [7, 11) is 0. The lowest BCUT2D eigenvalue weighted by atomic mass is 10.1. The number of aryl methyl sites for hydroxylation is 1. The molecule has 0 radical (unpaired) electrons. The van der Waals surface area contributed by atoms with Crippen molar-refractivity contribution < 1.29 is 0 Å². The molecule has 1 aromatic heterocycles. The van der Waals surface area contributed by atoms with E-state index >= 15 is 0 Å². The molecule has 0 saturated carbocycles. The molecule has 0 spiro atoms. The van der Waals surface area contributed by atoms with Gasteiger partial charge in [-0.1, -0.05) is 31.2 Å². The van der Waals surface area contributed by atoms with E-state index < -0.39 is 0 Å². The van der Waals surface area contributed by atoms with Crippen LogP contribution in [0, 0.1) is 12.3 Å². The molecule has 1 aromatic carbocycles. The SMILES string of the molecule is CCN(Cc1cccc(C(=N)N)c1)Cc1cccc(C)n1. The van der Waals surface area contributed by atoms with Gasteiger partial charge in [0.2, 0.25) is 0 Å². The molecular weight excluding hydrogens is 260 g/mol. The van der Waals surface area contributed by atoms with Crippen molar-refractivity contribution in [3.05, 3.63) is 65.0 Å². The number of benzene rings is 1. The fourth-order valence-electron chi connectivity index (χ4n) is 2.29. The molecule has 0 aliphatic rings. The van der Waals surface area contributed by atoms with Gasteiger partial charge in [-0.05, 0) is 37.2 Å². The Morgan fingerprint density at radius 1 is 1.19 bits per heavy atom. The highest BCUT2D eigenvalue weighted by atomic mass is 15.1. The Hall–Kier alpha value is -2.20. The van der Waals surface area contributed by atoms with Gasteiger partial charge in [0, 0.05) is 24.3 Å². The summed E-state index contributed by atoms with van der Waals surface area (Å²) in [5.74, 6) is 0.111. The number of pyridine rings is 1. The van der Waals surface area contributed by atoms with Crippen LogP contribution in [0.3, 0.4) is 0 Å². The molecule has 0 atom stereocenters. The first-order valence-corrected chi connectivity index (χ1v) is 7.16. The van der Waals surface area contributed by atoms with E-state index in [0.29, 0.717) is 0 Å². The zero-order valence-electron chi connectivity index (χ0n) is 12.6. The summed E-state index contributed by atoms with van der Waals surface area (Å²) in [5, 5.41) is 7.52. The Labute approximate surface area is 126 Å². The number of rotatable bonds is 6. The van der Waals surface area contributed by atoms with E-state index in [-0.39, 0.29) is 5.84 Å². The van der Waals surface area contributed by atoms with Crippen LogP contribution >= 0.6 is 0 Å². The number of amidine groups is 1. The van der Waals surface area contributed by atoms with Gasteiger partial charge < -0.3 is 5.73 Å². The van der Waals surface area contributed by atoms with Gasteiger partial charge in [0.05, 0.1) is 5.69 Å². The maximum atomic E-state index is 7.52. The molecule has 1 heterocycles. The Balaban J connectivity index is 2.08. The fraction of sp³-hybridized carbons (Fsp3) is 0.294. The molecule has 0 unspecified atom stereocenters. The molecule has 0 aliphatic heterocycles. The highest BCUT2D eigenvalue weighted by Gasteiger charge is 2.07. The second-order valence-electron chi connectivity index (χ2n) is 5.19. The largest absolute Gasteiger partial charge is 0.384 e. The lowest BCUT2D eigenvalue weighted by Gasteiger charge is -2.20. The Bertz CT molecular complexity index is 622. The third-order valence-corrected chi connectivity index (χ3v) is 3.42. The van der Waals surface area contributed by atoms with E-state index in [1.54, 1.807) is 0 Å². The summed E-state index contributed by atoms with van der Waals surface area (Å²) in [5.41, 5.74) is 9.61. The van der Waals surface area contributed by atoms with Crippen LogP contribution in [-0.2, 0) is 13.1 Å². The number of hydrogen-bond acceptors (Lipinski definition) is 3. The first kappa shape index (κ1) is 15.2. The zero-order valence-corrected chi connectivity index (χ0v) is 12.6. The van der Waals surface area contributed by atoms with Gasteiger partial charge in [-0.3, -0.25) is 15.3 Å². The van der Waals surface area contributed by atoms with Gasteiger partial charge in [-0.15, -0.1) is 0 Å². The number of nitrogens with two attached hydrogens (primary N) is 1. The van der Waals surface area contributed by atoms with Crippen LogP contribution in [0.15, 0.2) is 42.5 Å². The molecular formula is C17H22N4. The fourth-order valence-corrected chi connectivity index (χ4v) is 2.29. The Morgan fingerprint density at radius 3 is 2.62 bits per heavy atom. The van der Waals surface area contributed by atoms with Crippen molar-refractivity contribution in [2.24, 2.45) is 5.73 Å². The van der Waals surface area contributed by atoms with Crippen molar-refractivity contribution in [2.75, 3.05) is 6.54 Å². The Morgan fingerprint density at radius 2 is 1.95 bits per heavy atom. The van der Waals surface area contributed by atoms with Crippen LogP contribution in [0.4, 0.5) is 0 Å². The summed E-state index contributed by atoms with van der Waals surface area (Å²) in [6, 6.07) is 14.0. The number of aromatic nitrogens is 1. The van der Waals surface area contributed by atoms with E-state index in [4.69, 9.17) is 11.1 Å². The van der Waals surface area contributed by atoms with Crippen molar-refractivity contribution in [1.29, 1.82) is 5.41 Å². The molecule has 2 aromatic rings. The minimum absolute atomic E-state index is 0.111. The second kappa shape index (κ2) is 6.99.